The van der Waals surface area contributed by atoms with Gasteiger partial charge in [-0.15, -0.1) is 0 Å². The number of hydrogen-bond acceptors (Lipinski definition) is 4. The van der Waals surface area contributed by atoms with Crippen LogP contribution in [0.1, 0.15) is 11.4 Å². The topological polar surface area (TPSA) is 61.0 Å². The fourth-order valence-electron chi connectivity index (χ4n) is 1.52. The quantitative estimate of drug-likeness (QED) is 0.909. The molecule has 1 aromatic heterocycles. The Bertz CT molecular complexity index is 579. The molecular weight excluding hydrogens is 259 g/mol. The van der Waals surface area contributed by atoms with Crippen LogP contribution < -0.4 is 10.5 Å². The average molecular weight is 269 g/mol. The number of nitrogen functional groups attached to an aromatic ring is 1. The van der Waals surface area contributed by atoms with Crippen molar-refractivity contribution in [2.24, 2.45) is 0 Å². The molecule has 0 unspecified atom stereocenters. The van der Waals surface area contributed by atoms with Crippen LogP contribution >= 0.6 is 0 Å². The van der Waals surface area contributed by atoms with E-state index in [0.29, 0.717) is 5.82 Å². The van der Waals surface area contributed by atoms with Gasteiger partial charge in [0, 0.05) is 6.07 Å². The Morgan fingerprint density at radius 3 is 2.47 bits per heavy atom. The average Bonchev–Trinajstić information content (AvgIpc) is 2.26. The van der Waals surface area contributed by atoms with Crippen LogP contribution in [0, 0.1) is 6.92 Å². The van der Waals surface area contributed by atoms with Gasteiger partial charge in [-0.1, -0.05) is 12.1 Å². The zero-order valence-corrected chi connectivity index (χ0v) is 9.90. The second kappa shape index (κ2) is 4.75. The highest BCUT2D eigenvalue weighted by atomic mass is 19.4. The summed E-state index contributed by atoms with van der Waals surface area (Å²) in [6.45, 7) is 1.57. The molecule has 0 atom stereocenters. The van der Waals surface area contributed by atoms with Crippen molar-refractivity contribution >= 4 is 5.82 Å². The third-order valence-corrected chi connectivity index (χ3v) is 2.24. The van der Waals surface area contributed by atoms with Gasteiger partial charge in [-0.3, -0.25) is 0 Å². The van der Waals surface area contributed by atoms with Gasteiger partial charge in [0.2, 0.25) is 5.88 Å². The number of halogens is 3. The minimum absolute atomic E-state index is 0.0262. The van der Waals surface area contributed by atoms with E-state index in [0.717, 1.165) is 6.07 Å². The number of nitrogens with zero attached hydrogens (tertiary/aromatic N) is 2. The zero-order valence-electron chi connectivity index (χ0n) is 9.90. The molecule has 0 bridgehead atoms. The molecule has 0 fully saturated rings. The number of nitrogens with two attached hydrogens (primary N) is 1. The van der Waals surface area contributed by atoms with Crippen molar-refractivity contribution in [1.29, 1.82) is 0 Å². The molecular formula is C12H10F3N3O. The summed E-state index contributed by atoms with van der Waals surface area (Å²) < 4.78 is 43.5. The Morgan fingerprint density at radius 2 is 1.84 bits per heavy atom. The third kappa shape index (κ3) is 3.12. The summed E-state index contributed by atoms with van der Waals surface area (Å²) in [7, 11) is 0. The van der Waals surface area contributed by atoms with E-state index in [1.807, 2.05) is 0 Å². The lowest BCUT2D eigenvalue weighted by Gasteiger charge is -2.13. The Labute approximate surface area is 107 Å². The first kappa shape index (κ1) is 13.1. The van der Waals surface area contributed by atoms with Crippen LogP contribution in [0.15, 0.2) is 30.3 Å². The van der Waals surface area contributed by atoms with Crippen molar-refractivity contribution in [3.63, 3.8) is 0 Å². The van der Waals surface area contributed by atoms with Gasteiger partial charge < -0.3 is 10.5 Å². The summed E-state index contributed by atoms with van der Waals surface area (Å²) in [6, 6.07) is 6.15. The van der Waals surface area contributed by atoms with E-state index in [2.05, 4.69) is 9.97 Å². The molecule has 0 aliphatic heterocycles. The minimum Gasteiger partial charge on any atom is -0.438 e. The lowest BCUT2D eigenvalue weighted by molar-refractivity contribution is -0.138. The van der Waals surface area contributed by atoms with Gasteiger partial charge in [0.15, 0.2) is 0 Å². The second-order valence-corrected chi connectivity index (χ2v) is 3.77. The number of para-hydroxylation sites is 1. The van der Waals surface area contributed by atoms with Gasteiger partial charge in [-0.2, -0.15) is 18.2 Å². The van der Waals surface area contributed by atoms with Gasteiger partial charge in [0.25, 0.3) is 0 Å². The smallest absolute Gasteiger partial charge is 0.419 e. The molecule has 0 aliphatic carbocycles. The normalized spacial score (nSPS) is 11.4. The predicted molar refractivity (Wildman–Crippen MR) is 62.7 cm³/mol. The number of alkyl halides is 3. The first-order valence-electron chi connectivity index (χ1n) is 5.31. The summed E-state index contributed by atoms with van der Waals surface area (Å²) in [5.41, 5.74) is 4.61. The molecule has 4 nitrogen and oxygen atoms in total. The highest BCUT2D eigenvalue weighted by Gasteiger charge is 2.34. The fourth-order valence-corrected chi connectivity index (χ4v) is 1.52. The van der Waals surface area contributed by atoms with E-state index in [1.165, 1.54) is 24.3 Å². The SMILES string of the molecule is Cc1nc(N)cc(Oc2ccccc2C(F)(F)F)n1. The molecule has 1 heterocycles. The maximum absolute atomic E-state index is 12.8. The highest BCUT2D eigenvalue weighted by Crippen LogP contribution is 2.37. The van der Waals surface area contributed by atoms with Crippen LogP contribution in [0.5, 0.6) is 11.6 Å². The number of aryl methyl sites for hydroxylation is 1. The number of aromatic nitrogens is 2. The van der Waals surface area contributed by atoms with Crippen molar-refractivity contribution in [2.45, 2.75) is 13.1 Å². The summed E-state index contributed by atoms with van der Waals surface area (Å²) in [5.74, 6) is 0.0979. The largest absolute Gasteiger partial charge is 0.438 e. The molecule has 0 saturated heterocycles. The van der Waals surface area contributed by atoms with Crippen LogP contribution in [-0.4, -0.2) is 9.97 Å². The van der Waals surface area contributed by atoms with Gasteiger partial charge >= 0.3 is 6.18 Å². The predicted octanol–water partition coefficient (Wildman–Crippen LogP) is 3.18. The van der Waals surface area contributed by atoms with Crippen molar-refractivity contribution < 1.29 is 17.9 Å². The summed E-state index contributed by atoms with van der Waals surface area (Å²) >= 11 is 0. The van der Waals surface area contributed by atoms with Crippen LogP contribution in [0.2, 0.25) is 0 Å². The van der Waals surface area contributed by atoms with Crippen molar-refractivity contribution in [1.82, 2.24) is 9.97 Å². The molecule has 0 aliphatic rings. The number of rotatable bonds is 2. The number of benzene rings is 1. The Hall–Kier alpha value is -2.31. The molecule has 0 amide bonds. The van der Waals surface area contributed by atoms with Gasteiger partial charge in [0.05, 0.1) is 5.56 Å². The molecule has 100 valence electrons. The second-order valence-electron chi connectivity index (χ2n) is 3.77. The van der Waals surface area contributed by atoms with Crippen LogP contribution in [0.4, 0.5) is 19.0 Å². The highest BCUT2D eigenvalue weighted by molar-refractivity contribution is 5.40. The zero-order chi connectivity index (χ0) is 14.0. The molecule has 19 heavy (non-hydrogen) atoms. The molecule has 2 rings (SSSR count). The summed E-state index contributed by atoms with van der Waals surface area (Å²) in [4.78, 5) is 7.68. The molecule has 1 aromatic carbocycles. The Kier molecular flexibility index (Phi) is 3.28. The molecule has 2 aromatic rings. The number of anilines is 1. The summed E-state index contributed by atoms with van der Waals surface area (Å²) in [6.07, 6.45) is -4.50. The minimum atomic E-state index is -4.50. The number of hydrogen-bond donors (Lipinski definition) is 1. The standard InChI is InChI=1S/C12H10F3N3O/c1-7-17-10(16)6-11(18-7)19-9-5-3-2-4-8(9)12(13,14)15/h2-6H,1H3,(H2,16,17,18). The van der Waals surface area contributed by atoms with Crippen molar-refractivity contribution in [3.8, 4) is 11.6 Å². The van der Waals surface area contributed by atoms with E-state index >= 15 is 0 Å². The fraction of sp³-hybridized carbons (Fsp3) is 0.167. The molecule has 2 N–H and O–H groups in total. The van der Waals surface area contributed by atoms with E-state index in [1.54, 1.807) is 6.92 Å². The summed E-state index contributed by atoms with van der Waals surface area (Å²) in [5, 5.41) is 0. The van der Waals surface area contributed by atoms with E-state index in [9.17, 15) is 13.2 Å². The van der Waals surface area contributed by atoms with Crippen LogP contribution in [-0.2, 0) is 6.18 Å². The number of ether oxygens (including phenoxy) is 1. The van der Waals surface area contributed by atoms with E-state index < -0.39 is 11.7 Å². The Morgan fingerprint density at radius 1 is 1.16 bits per heavy atom. The Balaban J connectivity index is 2.38. The lowest BCUT2D eigenvalue weighted by Crippen LogP contribution is -2.07. The monoisotopic (exact) mass is 269 g/mol. The first-order chi connectivity index (χ1) is 8.86. The van der Waals surface area contributed by atoms with Gasteiger partial charge in [-0.05, 0) is 19.1 Å². The van der Waals surface area contributed by atoms with Gasteiger partial charge in [-0.25, -0.2) is 4.98 Å². The first-order valence-corrected chi connectivity index (χ1v) is 5.31. The van der Waals surface area contributed by atoms with Crippen LogP contribution in [0.3, 0.4) is 0 Å². The maximum Gasteiger partial charge on any atom is 0.419 e. The van der Waals surface area contributed by atoms with Gasteiger partial charge in [0.1, 0.15) is 17.4 Å². The maximum atomic E-state index is 12.8. The molecule has 0 radical (unpaired) electrons. The van der Waals surface area contributed by atoms with Crippen molar-refractivity contribution in [2.75, 3.05) is 5.73 Å². The van der Waals surface area contributed by atoms with Crippen LogP contribution in [0.25, 0.3) is 0 Å². The lowest BCUT2D eigenvalue weighted by atomic mass is 10.2. The van der Waals surface area contributed by atoms with E-state index in [-0.39, 0.29) is 17.4 Å². The van der Waals surface area contributed by atoms with E-state index in [4.69, 9.17) is 10.5 Å². The molecule has 0 saturated carbocycles. The molecule has 7 heteroatoms. The third-order valence-electron chi connectivity index (χ3n) is 2.24. The molecule has 0 spiro atoms. The van der Waals surface area contributed by atoms with Crippen molar-refractivity contribution in [3.05, 3.63) is 41.7 Å².